The van der Waals surface area contributed by atoms with Crippen molar-refractivity contribution in [2.75, 3.05) is 25.0 Å². The van der Waals surface area contributed by atoms with Crippen molar-refractivity contribution in [2.24, 2.45) is 0 Å². The number of likely N-dealkylation sites (tertiary alicyclic amines) is 1. The zero-order chi connectivity index (χ0) is 22.0. The number of rotatable bonds is 2. The van der Waals surface area contributed by atoms with Gasteiger partial charge in [0.05, 0.1) is 16.6 Å². The van der Waals surface area contributed by atoms with Gasteiger partial charge in [0, 0.05) is 25.4 Å². The van der Waals surface area contributed by atoms with Crippen LogP contribution in [0.25, 0.3) is 0 Å². The Balaban J connectivity index is 1.34. The molecule has 0 radical (unpaired) electrons. The lowest BCUT2D eigenvalue weighted by atomic mass is 9.71. The number of amides is 2. The summed E-state index contributed by atoms with van der Waals surface area (Å²) in [6, 6.07) is 6.02. The van der Waals surface area contributed by atoms with Gasteiger partial charge in [0.1, 0.15) is 6.10 Å². The molecule has 0 aromatic heterocycles. The molecule has 0 unspecified atom stereocenters. The molecule has 8 heteroatoms. The van der Waals surface area contributed by atoms with Crippen molar-refractivity contribution in [3.63, 3.8) is 0 Å². The Morgan fingerprint density at radius 3 is 2.42 bits per heavy atom. The van der Waals surface area contributed by atoms with E-state index in [4.69, 9.17) is 14.0 Å². The van der Waals surface area contributed by atoms with Crippen LogP contribution in [-0.2, 0) is 29.0 Å². The summed E-state index contributed by atoms with van der Waals surface area (Å²) in [4.78, 5) is 27.6. The van der Waals surface area contributed by atoms with Crippen LogP contribution in [-0.4, -0.2) is 60.8 Å². The van der Waals surface area contributed by atoms with Crippen molar-refractivity contribution in [1.82, 2.24) is 4.90 Å². The van der Waals surface area contributed by atoms with Crippen LogP contribution < -0.4 is 10.8 Å². The lowest BCUT2D eigenvalue weighted by Crippen LogP contribution is -2.50. The van der Waals surface area contributed by atoms with Crippen LogP contribution in [0.1, 0.15) is 58.9 Å². The van der Waals surface area contributed by atoms with E-state index in [2.05, 4.69) is 5.32 Å². The number of fused-ring (bicyclic) bond motifs is 2. The van der Waals surface area contributed by atoms with E-state index in [1.54, 1.807) is 0 Å². The maximum Gasteiger partial charge on any atom is 0.494 e. The van der Waals surface area contributed by atoms with Crippen LogP contribution in [0.5, 0.6) is 0 Å². The predicted molar refractivity (Wildman–Crippen MR) is 117 cm³/mol. The van der Waals surface area contributed by atoms with Crippen molar-refractivity contribution in [3.05, 3.63) is 23.8 Å². The first-order valence-electron chi connectivity index (χ1n) is 11.3. The molecule has 4 aliphatic rings. The number of hydrogen-bond acceptors (Lipinski definition) is 5. The Bertz CT molecular complexity index is 901. The van der Waals surface area contributed by atoms with Gasteiger partial charge in [-0.3, -0.25) is 9.59 Å². The summed E-state index contributed by atoms with van der Waals surface area (Å²) in [5.41, 5.74) is 1.35. The Hall–Kier alpha value is -1.90. The molecule has 31 heavy (non-hydrogen) atoms. The molecule has 166 valence electrons. The van der Waals surface area contributed by atoms with E-state index in [-0.39, 0.29) is 17.9 Å². The Labute approximate surface area is 183 Å². The number of carbonyl (C=O) groups excluding carboxylic acids is 2. The molecule has 0 saturated carbocycles. The third-order valence-electron chi connectivity index (χ3n) is 7.90. The third-order valence-corrected chi connectivity index (χ3v) is 7.90. The lowest BCUT2D eigenvalue weighted by Gasteiger charge is -2.38. The van der Waals surface area contributed by atoms with E-state index in [0.29, 0.717) is 32.5 Å². The number of ether oxygens (including phenoxy) is 1. The van der Waals surface area contributed by atoms with Gasteiger partial charge >= 0.3 is 7.12 Å². The minimum absolute atomic E-state index is 0.0257. The van der Waals surface area contributed by atoms with Gasteiger partial charge in [0.25, 0.3) is 5.91 Å². The van der Waals surface area contributed by atoms with E-state index in [1.807, 2.05) is 50.8 Å². The van der Waals surface area contributed by atoms with E-state index in [0.717, 1.165) is 29.6 Å². The van der Waals surface area contributed by atoms with Crippen LogP contribution in [0.4, 0.5) is 5.69 Å². The number of piperidine rings is 1. The average molecular weight is 426 g/mol. The highest BCUT2D eigenvalue weighted by molar-refractivity contribution is 6.62. The first kappa shape index (κ1) is 21.0. The highest BCUT2D eigenvalue weighted by Gasteiger charge is 2.53. The molecular weight excluding hydrogens is 395 g/mol. The molecule has 4 heterocycles. The average Bonchev–Trinajstić information content (AvgIpc) is 3.40. The quantitative estimate of drug-likeness (QED) is 0.732. The SMILES string of the molecule is CC1(C)OB(c2ccc3c(c2)NC(=O)C32CCN(C(=O)[C@@H]3CCCO3)CC2)OC1(C)C. The topological polar surface area (TPSA) is 77.1 Å². The summed E-state index contributed by atoms with van der Waals surface area (Å²) in [5.74, 6) is 0.0971. The number of anilines is 1. The molecule has 3 saturated heterocycles. The maximum absolute atomic E-state index is 13.1. The summed E-state index contributed by atoms with van der Waals surface area (Å²) in [5, 5.41) is 3.08. The van der Waals surface area contributed by atoms with Crippen LogP contribution in [0.2, 0.25) is 0 Å². The molecule has 0 bridgehead atoms. The predicted octanol–water partition coefficient (Wildman–Crippen LogP) is 1.98. The van der Waals surface area contributed by atoms with Gasteiger partial charge in [-0.15, -0.1) is 0 Å². The Morgan fingerprint density at radius 1 is 1.13 bits per heavy atom. The van der Waals surface area contributed by atoms with Crippen molar-refractivity contribution >= 4 is 30.1 Å². The second-order valence-electron chi connectivity index (χ2n) is 10.3. The molecule has 1 spiro atoms. The molecule has 4 aliphatic heterocycles. The van der Waals surface area contributed by atoms with Crippen LogP contribution in [0, 0.1) is 0 Å². The summed E-state index contributed by atoms with van der Waals surface area (Å²) in [6.07, 6.45) is 2.68. The normalized spacial score (nSPS) is 28.1. The fourth-order valence-corrected chi connectivity index (χ4v) is 5.15. The zero-order valence-electron chi connectivity index (χ0n) is 18.8. The van der Waals surface area contributed by atoms with Crippen molar-refractivity contribution in [1.29, 1.82) is 0 Å². The van der Waals surface area contributed by atoms with Gasteiger partial charge in [-0.25, -0.2) is 0 Å². The summed E-state index contributed by atoms with van der Waals surface area (Å²) < 4.78 is 17.9. The van der Waals surface area contributed by atoms with E-state index in [1.165, 1.54) is 0 Å². The first-order valence-corrected chi connectivity index (χ1v) is 11.3. The smallest absolute Gasteiger partial charge is 0.399 e. The van der Waals surface area contributed by atoms with Gasteiger partial charge in [-0.1, -0.05) is 12.1 Å². The molecule has 2 amide bonds. The van der Waals surface area contributed by atoms with Gasteiger partial charge in [-0.05, 0) is 70.5 Å². The Kier molecular flexibility index (Phi) is 4.77. The minimum Gasteiger partial charge on any atom is -0.399 e. The second-order valence-corrected chi connectivity index (χ2v) is 10.3. The second kappa shape index (κ2) is 7.05. The van der Waals surface area contributed by atoms with E-state index < -0.39 is 23.7 Å². The fraction of sp³-hybridized carbons (Fsp3) is 0.652. The maximum atomic E-state index is 13.1. The molecule has 1 aromatic rings. The summed E-state index contributed by atoms with van der Waals surface area (Å²) in [7, 11) is -0.463. The molecule has 1 N–H and O–H groups in total. The van der Waals surface area contributed by atoms with Gasteiger partial charge in [0.15, 0.2) is 0 Å². The highest BCUT2D eigenvalue weighted by Crippen LogP contribution is 2.45. The number of nitrogens with one attached hydrogen (secondary N) is 1. The third kappa shape index (κ3) is 3.22. The number of hydrogen-bond donors (Lipinski definition) is 1. The van der Waals surface area contributed by atoms with E-state index in [9.17, 15) is 9.59 Å². The summed E-state index contributed by atoms with van der Waals surface area (Å²) >= 11 is 0. The molecule has 1 atom stereocenters. The number of benzene rings is 1. The summed E-state index contributed by atoms with van der Waals surface area (Å²) in [6.45, 7) is 9.93. The van der Waals surface area contributed by atoms with Crippen molar-refractivity contribution in [2.45, 2.75) is 76.1 Å². The van der Waals surface area contributed by atoms with Crippen molar-refractivity contribution < 1.29 is 23.6 Å². The molecule has 0 aliphatic carbocycles. The fourth-order valence-electron chi connectivity index (χ4n) is 5.15. The molecular formula is C23H31BN2O5. The van der Waals surface area contributed by atoms with E-state index >= 15 is 0 Å². The van der Waals surface area contributed by atoms with Crippen LogP contribution in [0.3, 0.4) is 0 Å². The molecule has 5 rings (SSSR count). The van der Waals surface area contributed by atoms with Crippen LogP contribution >= 0.6 is 0 Å². The molecule has 3 fully saturated rings. The standard InChI is InChI=1S/C23H31BN2O5/c1-21(2)22(3,4)31-24(30-21)15-7-8-16-17(14-15)25-20(28)23(16)9-11-26(12-10-23)19(27)18-6-5-13-29-18/h7-8,14,18H,5-6,9-13H2,1-4H3,(H,25,28)/t18-/m0/s1. The number of carbonyl (C=O) groups is 2. The van der Waals surface area contributed by atoms with Gasteiger partial charge < -0.3 is 24.3 Å². The lowest BCUT2D eigenvalue weighted by molar-refractivity contribution is -0.143. The highest BCUT2D eigenvalue weighted by atomic mass is 16.7. The van der Waals surface area contributed by atoms with Crippen LogP contribution in [0.15, 0.2) is 18.2 Å². The monoisotopic (exact) mass is 426 g/mol. The molecule has 7 nitrogen and oxygen atoms in total. The van der Waals surface area contributed by atoms with Crippen molar-refractivity contribution in [3.8, 4) is 0 Å². The largest absolute Gasteiger partial charge is 0.494 e. The Morgan fingerprint density at radius 2 is 1.81 bits per heavy atom. The first-order chi connectivity index (χ1) is 14.6. The number of nitrogens with zero attached hydrogens (tertiary/aromatic N) is 1. The zero-order valence-corrected chi connectivity index (χ0v) is 18.8. The minimum atomic E-state index is -0.572. The molecule has 1 aromatic carbocycles. The van der Waals surface area contributed by atoms with Gasteiger partial charge in [-0.2, -0.15) is 0 Å². The van der Waals surface area contributed by atoms with Gasteiger partial charge in [0.2, 0.25) is 5.91 Å².